The van der Waals surface area contributed by atoms with Crippen molar-refractivity contribution < 1.29 is 13.2 Å². The molecule has 6 heteroatoms. The molecule has 3 nitrogen and oxygen atoms in total. The number of benzene rings is 2. The molecule has 2 aromatic rings. The Kier molecular flexibility index (Phi) is 3.21. The van der Waals surface area contributed by atoms with E-state index in [9.17, 15) is 13.2 Å². The van der Waals surface area contributed by atoms with Crippen LogP contribution in [0.25, 0.3) is 22.3 Å². The number of alkyl halides is 3. The van der Waals surface area contributed by atoms with Crippen LogP contribution in [0.3, 0.4) is 0 Å². The van der Waals surface area contributed by atoms with E-state index in [4.69, 9.17) is 0 Å². The standard InChI is InChI=1S/C12H8.C3H2F3N3/c1-2-4-9(5-3-1)10-6-11-8-12(11)7-10;4-3(5,6)9-7-1-2-8-9/h1-8H;1-2H. The first-order valence-electron chi connectivity index (χ1n) is 6.18. The summed E-state index contributed by atoms with van der Waals surface area (Å²) in [5.41, 5.74) is 5.49. The normalized spacial score (nSPS) is 11.6. The maximum atomic E-state index is 11.5. The van der Waals surface area contributed by atoms with Gasteiger partial charge >= 0.3 is 6.30 Å². The van der Waals surface area contributed by atoms with E-state index in [1.807, 2.05) is 6.07 Å². The summed E-state index contributed by atoms with van der Waals surface area (Å²) >= 11 is 0. The van der Waals surface area contributed by atoms with Crippen LogP contribution < -0.4 is 0 Å². The number of hydrogen-bond acceptors (Lipinski definition) is 2. The molecular formula is C15H10F3N3. The lowest BCUT2D eigenvalue weighted by Crippen LogP contribution is -2.19. The molecular weight excluding hydrogens is 279 g/mol. The van der Waals surface area contributed by atoms with Crippen molar-refractivity contribution in [2.45, 2.75) is 6.30 Å². The van der Waals surface area contributed by atoms with E-state index in [-0.39, 0.29) is 4.80 Å². The average molecular weight is 289 g/mol. The van der Waals surface area contributed by atoms with E-state index >= 15 is 0 Å². The lowest BCUT2D eigenvalue weighted by molar-refractivity contribution is -0.221. The quantitative estimate of drug-likeness (QED) is 0.528. The van der Waals surface area contributed by atoms with Gasteiger partial charge in [0.2, 0.25) is 0 Å². The molecule has 1 heterocycles. The molecule has 1 aromatic carbocycles. The molecule has 0 aliphatic heterocycles. The molecule has 4 rings (SSSR count). The van der Waals surface area contributed by atoms with Gasteiger partial charge in [0.05, 0.1) is 12.4 Å². The highest BCUT2D eigenvalue weighted by Crippen LogP contribution is 2.40. The summed E-state index contributed by atoms with van der Waals surface area (Å²) in [7, 11) is 0. The zero-order valence-corrected chi connectivity index (χ0v) is 10.7. The topological polar surface area (TPSA) is 30.7 Å². The number of fused-ring (bicyclic) bond motifs is 1. The number of aromatic nitrogens is 3. The zero-order chi connectivity index (χ0) is 14.9. The zero-order valence-electron chi connectivity index (χ0n) is 10.7. The van der Waals surface area contributed by atoms with Gasteiger partial charge in [-0.1, -0.05) is 35.1 Å². The molecule has 0 bridgehead atoms. The Labute approximate surface area is 118 Å². The Morgan fingerprint density at radius 1 is 0.714 bits per heavy atom. The first kappa shape index (κ1) is 13.4. The molecule has 2 aliphatic carbocycles. The molecule has 0 N–H and O–H groups in total. The van der Waals surface area contributed by atoms with Crippen molar-refractivity contribution in [3.8, 4) is 22.3 Å². The Hall–Kier alpha value is -2.63. The van der Waals surface area contributed by atoms with E-state index in [0.717, 1.165) is 12.4 Å². The van der Waals surface area contributed by atoms with Gasteiger partial charge in [-0.15, -0.1) is 13.2 Å². The van der Waals surface area contributed by atoms with Gasteiger partial charge < -0.3 is 0 Å². The van der Waals surface area contributed by atoms with Crippen molar-refractivity contribution in [2.24, 2.45) is 0 Å². The van der Waals surface area contributed by atoms with Crippen LogP contribution in [0.5, 0.6) is 0 Å². The lowest BCUT2D eigenvalue weighted by Gasteiger charge is -2.00. The maximum Gasteiger partial charge on any atom is 0.521 e. The summed E-state index contributed by atoms with van der Waals surface area (Å²) in [6, 6.07) is 17.2. The molecule has 1 aromatic heterocycles. The van der Waals surface area contributed by atoms with Gasteiger partial charge in [0.15, 0.2) is 0 Å². The molecule has 0 amide bonds. The minimum atomic E-state index is -4.48. The molecule has 0 fully saturated rings. The summed E-state index contributed by atoms with van der Waals surface area (Å²) in [4.78, 5) is -0.312. The SMILES string of the molecule is FC(F)(F)n1nccn1.c1ccc(-c2cc3cc-3c2)cc1. The molecule has 0 saturated heterocycles. The molecule has 106 valence electrons. The Morgan fingerprint density at radius 2 is 1.19 bits per heavy atom. The molecule has 0 saturated carbocycles. The van der Waals surface area contributed by atoms with E-state index in [1.54, 1.807) is 0 Å². The minimum Gasteiger partial charge on any atom is -0.154 e. The van der Waals surface area contributed by atoms with E-state index < -0.39 is 6.30 Å². The van der Waals surface area contributed by atoms with Gasteiger partial charge in [0.25, 0.3) is 0 Å². The molecule has 0 radical (unpaired) electrons. The number of halogens is 3. The fraction of sp³-hybridized carbons (Fsp3) is 0.0667. The summed E-state index contributed by atoms with van der Waals surface area (Å²) < 4.78 is 34.4. The van der Waals surface area contributed by atoms with Gasteiger partial charge in [-0.05, 0) is 40.5 Å². The van der Waals surface area contributed by atoms with Crippen LogP contribution in [0.2, 0.25) is 0 Å². The highest BCUT2D eigenvalue weighted by atomic mass is 19.4. The van der Waals surface area contributed by atoms with Crippen LogP contribution in [0, 0.1) is 0 Å². The second kappa shape index (κ2) is 5.05. The van der Waals surface area contributed by atoms with Crippen LogP contribution in [0.4, 0.5) is 13.2 Å². The van der Waals surface area contributed by atoms with E-state index in [2.05, 4.69) is 52.7 Å². The van der Waals surface area contributed by atoms with Crippen LogP contribution in [-0.2, 0) is 6.30 Å². The molecule has 0 spiro atoms. The van der Waals surface area contributed by atoms with Crippen molar-refractivity contribution >= 4 is 0 Å². The van der Waals surface area contributed by atoms with Gasteiger partial charge in [-0.25, -0.2) is 0 Å². The van der Waals surface area contributed by atoms with Crippen LogP contribution in [0.1, 0.15) is 0 Å². The number of hydrogen-bond donors (Lipinski definition) is 0. The Bertz CT molecular complexity index is 714. The van der Waals surface area contributed by atoms with Gasteiger partial charge in [-0.3, -0.25) is 0 Å². The number of nitrogens with zero attached hydrogens (tertiary/aromatic N) is 3. The third kappa shape index (κ3) is 3.10. The summed E-state index contributed by atoms with van der Waals surface area (Å²) in [6.45, 7) is 0. The lowest BCUT2D eigenvalue weighted by atomic mass is 10.1. The fourth-order valence-corrected chi connectivity index (χ4v) is 1.90. The first-order chi connectivity index (χ1) is 10.0. The monoisotopic (exact) mass is 289 g/mol. The predicted octanol–water partition coefficient (Wildman–Crippen LogP) is 4.09. The van der Waals surface area contributed by atoms with Crippen molar-refractivity contribution in [3.05, 3.63) is 60.9 Å². The fourth-order valence-electron chi connectivity index (χ4n) is 1.90. The van der Waals surface area contributed by atoms with Crippen molar-refractivity contribution in [1.82, 2.24) is 15.0 Å². The minimum absolute atomic E-state index is 0.312. The second-order valence-corrected chi connectivity index (χ2v) is 4.45. The summed E-state index contributed by atoms with van der Waals surface area (Å²) in [6.07, 6.45) is -2.55. The predicted molar refractivity (Wildman–Crippen MR) is 72.2 cm³/mol. The largest absolute Gasteiger partial charge is 0.521 e. The Balaban J connectivity index is 0.000000133. The highest BCUT2D eigenvalue weighted by molar-refractivity contribution is 5.89. The smallest absolute Gasteiger partial charge is 0.154 e. The second-order valence-electron chi connectivity index (χ2n) is 4.45. The average Bonchev–Trinajstić information content (AvgIpc) is 2.92. The highest BCUT2D eigenvalue weighted by Gasteiger charge is 2.32. The molecule has 0 unspecified atom stereocenters. The van der Waals surface area contributed by atoms with Crippen LogP contribution in [0.15, 0.2) is 60.9 Å². The van der Waals surface area contributed by atoms with Crippen molar-refractivity contribution in [1.29, 1.82) is 0 Å². The molecule has 21 heavy (non-hydrogen) atoms. The van der Waals surface area contributed by atoms with Gasteiger partial charge in [-0.2, -0.15) is 10.2 Å². The van der Waals surface area contributed by atoms with E-state index in [0.29, 0.717) is 0 Å². The maximum absolute atomic E-state index is 11.5. The third-order valence-electron chi connectivity index (χ3n) is 2.94. The van der Waals surface area contributed by atoms with Crippen LogP contribution >= 0.6 is 0 Å². The summed E-state index contributed by atoms with van der Waals surface area (Å²) in [5, 5.41) is 5.74. The van der Waals surface area contributed by atoms with Crippen molar-refractivity contribution in [2.75, 3.05) is 0 Å². The summed E-state index contributed by atoms with van der Waals surface area (Å²) in [5.74, 6) is 0. The first-order valence-corrected chi connectivity index (χ1v) is 6.18. The van der Waals surface area contributed by atoms with Gasteiger partial charge in [0.1, 0.15) is 0 Å². The van der Waals surface area contributed by atoms with Gasteiger partial charge in [0, 0.05) is 0 Å². The van der Waals surface area contributed by atoms with Crippen LogP contribution in [-0.4, -0.2) is 15.0 Å². The third-order valence-corrected chi connectivity index (χ3v) is 2.94. The van der Waals surface area contributed by atoms with Crippen molar-refractivity contribution in [3.63, 3.8) is 0 Å². The van der Waals surface area contributed by atoms with E-state index in [1.165, 1.54) is 22.3 Å². The molecule has 2 aliphatic rings. The number of rotatable bonds is 1. The molecule has 0 atom stereocenters. The Morgan fingerprint density at radius 3 is 1.62 bits per heavy atom.